The number of unbranched alkanes of at least 4 members (excludes halogenated alkanes) is 67. The van der Waals surface area contributed by atoms with Crippen molar-refractivity contribution < 1.29 is 24.5 Å². The number of carbonyl (C=O) groups is 2. The van der Waals surface area contributed by atoms with Crippen LogP contribution in [0.25, 0.3) is 0 Å². The molecule has 2 unspecified atom stereocenters. The Morgan fingerprint density at radius 3 is 0.773 bits per heavy atom. The molecule has 0 aromatic rings. The van der Waals surface area contributed by atoms with Gasteiger partial charge in [0.1, 0.15) is 0 Å². The van der Waals surface area contributed by atoms with E-state index in [0.29, 0.717) is 19.4 Å². The van der Waals surface area contributed by atoms with Crippen LogP contribution in [0.5, 0.6) is 0 Å². The molecule has 6 heteroatoms. The molecular formula is C82H161NO5. The molecule has 0 fully saturated rings. The topological polar surface area (TPSA) is 95.9 Å². The highest BCUT2D eigenvalue weighted by Gasteiger charge is 2.18. The van der Waals surface area contributed by atoms with Crippen molar-refractivity contribution in [1.82, 2.24) is 5.32 Å². The SMILES string of the molecule is CCCCCCCCCCCCCCCCCCCCCCCCC/C=C/C(O)C(CO)NC(=O)CCCCCCCCCCCCCCCCCCCCCCCCCCCCCCCOC(=O)CCCCCCCCCCCCCCCCCCC. The minimum Gasteiger partial charge on any atom is -0.466 e. The normalized spacial score (nSPS) is 12.5. The zero-order chi connectivity index (χ0) is 63.5. The van der Waals surface area contributed by atoms with Gasteiger partial charge in [-0.1, -0.05) is 443 Å². The van der Waals surface area contributed by atoms with Crippen LogP contribution in [-0.2, 0) is 14.3 Å². The maximum Gasteiger partial charge on any atom is 0.305 e. The molecule has 0 aromatic heterocycles. The lowest BCUT2D eigenvalue weighted by Crippen LogP contribution is -2.45. The second kappa shape index (κ2) is 78.0. The van der Waals surface area contributed by atoms with Gasteiger partial charge in [-0.05, 0) is 32.1 Å². The van der Waals surface area contributed by atoms with E-state index in [-0.39, 0.29) is 18.5 Å². The fourth-order valence-electron chi connectivity index (χ4n) is 13.3. The van der Waals surface area contributed by atoms with E-state index in [9.17, 15) is 19.8 Å². The van der Waals surface area contributed by atoms with Gasteiger partial charge < -0.3 is 20.3 Å². The van der Waals surface area contributed by atoms with Gasteiger partial charge in [0.25, 0.3) is 0 Å². The predicted molar refractivity (Wildman–Crippen MR) is 389 cm³/mol. The van der Waals surface area contributed by atoms with Crippen LogP contribution in [0.4, 0.5) is 0 Å². The van der Waals surface area contributed by atoms with Crippen LogP contribution >= 0.6 is 0 Å². The van der Waals surface area contributed by atoms with Gasteiger partial charge in [0.15, 0.2) is 0 Å². The molecule has 2 atom stereocenters. The summed E-state index contributed by atoms with van der Waals surface area (Å²) in [6.45, 7) is 4.97. The summed E-state index contributed by atoms with van der Waals surface area (Å²) in [6.07, 6.45) is 99.2. The fourth-order valence-corrected chi connectivity index (χ4v) is 13.3. The Morgan fingerprint density at radius 1 is 0.307 bits per heavy atom. The van der Waals surface area contributed by atoms with E-state index in [4.69, 9.17) is 4.74 Å². The van der Waals surface area contributed by atoms with E-state index >= 15 is 0 Å². The van der Waals surface area contributed by atoms with Gasteiger partial charge in [-0.3, -0.25) is 9.59 Å². The average Bonchev–Trinajstić information content (AvgIpc) is 3.58. The Morgan fingerprint density at radius 2 is 0.523 bits per heavy atom. The number of ether oxygens (including phenoxy) is 1. The van der Waals surface area contributed by atoms with E-state index in [2.05, 4.69) is 19.2 Å². The van der Waals surface area contributed by atoms with Crippen molar-refractivity contribution in [2.45, 2.75) is 488 Å². The lowest BCUT2D eigenvalue weighted by atomic mass is 10.0. The third kappa shape index (κ3) is 73.6. The smallest absolute Gasteiger partial charge is 0.305 e. The Labute approximate surface area is 552 Å². The summed E-state index contributed by atoms with van der Waals surface area (Å²) in [7, 11) is 0. The summed E-state index contributed by atoms with van der Waals surface area (Å²) in [5, 5.41) is 23.3. The zero-order valence-corrected chi connectivity index (χ0v) is 60.3. The molecule has 0 aliphatic rings. The predicted octanol–water partition coefficient (Wildman–Crippen LogP) is 27.1. The molecule has 1 amide bonds. The number of hydrogen-bond donors (Lipinski definition) is 3. The number of carbonyl (C=O) groups excluding carboxylic acids is 2. The Hall–Kier alpha value is -1.40. The number of hydrogen-bond acceptors (Lipinski definition) is 5. The van der Waals surface area contributed by atoms with E-state index < -0.39 is 12.1 Å². The van der Waals surface area contributed by atoms with Gasteiger partial charge in [-0.2, -0.15) is 0 Å². The van der Waals surface area contributed by atoms with Gasteiger partial charge in [0.2, 0.25) is 5.91 Å². The molecule has 3 N–H and O–H groups in total. The number of rotatable bonds is 78. The molecule has 0 saturated carbocycles. The maximum absolute atomic E-state index is 12.6. The van der Waals surface area contributed by atoms with Crippen LogP contribution in [0.15, 0.2) is 12.2 Å². The number of aliphatic hydroxyl groups is 2. The number of amides is 1. The second-order valence-electron chi connectivity index (χ2n) is 28.5. The molecule has 524 valence electrons. The van der Waals surface area contributed by atoms with Gasteiger partial charge in [-0.25, -0.2) is 0 Å². The van der Waals surface area contributed by atoms with Gasteiger partial charge in [0.05, 0.1) is 25.4 Å². The highest BCUT2D eigenvalue weighted by atomic mass is 16.5. The first-order valence-electron chi connectivity index (χ1n) is 41.0. The standard InChI is InChI=1S/C82H161NO5/c1-3-5-7-9-11-13-15-17-19-21-22-23-24-30-33-36-39-43-46-50-54-58-62-66-70-74-80(85)79(78-84)83-81(86)75-71-67-63-59-55-51-47-44-40-37-34-31-28-26-25-27-29-32-35-38-41-45-49-53-57-61-65-69-73-77-88-82(87)76-72-68-64-60-56-52-48-42-20-18-16-14-12-10-8-6-4-2/h70,74,79-80,84-85H,3-69,71-73,75-78H2,1-2H3,(H,83,86)/b74-70+. The van der Waals surface area contributed by atoms with Crippen molar-refractivity contribution in [3.8, 4) is 0 Å². The molecule has 0 aromatic carbocycles. The summed E-state index contributed by atoms with van der Waals surface area (Å²) in [4.78, 5) is 24.7. The lowest BCUT2D eigenvalue weighted by molar-refractivity contribution is -0.143. The number of esters is 1. The van der Waals surface area contributed by atoms with Crippen molar-refractivity contribution in [2.75, 3.05) is 13.2 Å². The Bertz CT molecular complexity index is 1340. The molecule has 0 heterocycles. The van der Waals surface area contributed by atoms with Crippen molar-refractivity contribution in [3.63, 3.8) is 0 Å². The average molecular weight is 1240 g/mol. The summed E-state index contributed by atoms with van der Waals surface area (Å²) >= 11 is 0. The van der Waals surface area contributed by atoms with Crippen molar-refractivity contribution in [3.05, 3.63) is 12.2 Å². The summed E-state index contributed by atoms with van der Waals surface area (Å²) in [5.41, 5.74) is 0. The molecule has 0 aliphatic carbocycles. The van der Waals surface area contributed by atoms with Crippen molar-refractivity contribution >= 4 is 11.9 Å². The molecular weight excluding hydrogens is 1080 g/mol. The highest BCUT2D eigenvalue weighted by molar-refractivity contribution is 5.76. The van der Waals surface area contributed by atoms with Gasteiger partial charge in [-0.15, -0.1) is 0 Å². The molecule has 0 spiro atoms. The van der Waals surface area contributed by atoms with E-state index in [1.807, 2.05) is 6.08 Å². The monoisotopic (exact) mass is 1240 g/mol. The van der Waals surface area contributed by atoms with E-state index in [1.165, 1.54) is 411 Å². The van der Waals surface area contributed by atoms with Crippen LogP contribution in [0.1, 0.15) is 476 Å². The number of aliphatic hydroxyl groups excluding tert-OH is 2. The van der Waals surface area contributed by atoms with Gasteiger partial charge in [0, 0.05) is 12.8 Å². The molecule has 0 rings (SSSR count). The fraction of sp³-hybridized carbons (Fsp3) is 0.951. The summed E-state index contributed by atoms with van der Waals surface area (Å²) in [5.74, 6) is -0.0337. The first-order valence-corrected chi connectivity index (χ1v) is 41.0. The maximum atomic E-state index is 12.6. The molecule has 0 bridgehead atoms. The highest BCUT2D eigenvalue weighted by Crippen LogP contribution is 2.21. The molecule has 6 nitrogen and oxygen atoms in total. The van der Waals surface area contributed by atoms with Crippen molar-refractivity contribution in [2.24, 2.45) is 0 Å². The van der Waals surface area contributed by atoms with Crippen LogP contribution in [0.2, 0.25) is 0 Å². The zero-order valence-electron chi connectivity index (χ0n) is 60.3. The van der Waals surface area contributed by atoms with Crippen LogP contribution in [0.3, 0.4) is 0 Å². The van der Waals surface area contributed by atoms with E-state index in [1.54, 1.807) is 6.08 Å². The summed E-state index contributed by atoms with van der Waals surface area (Å²) in [6, 6.07) is -0.626. The number of allylic oxidation sites excluding steroid dienone is 1. The lowest BCUT2D eigenvalue weighted by Gasteiger charge is -2.20. The minimum absolute atomic E-state index is 0.0246. The Balaban J connectivity index is 3.35. The van der Waals surface area contributed by atoms with Crippen LogP contribution < -0.4 is 5.32 Å². The molecule has 88 heavy (non-hydrogen) atoms. The minimum atomic E-state index is -0.843. The third-order valence-corrected chi connectivity index (χ3v) is 19.6. The quantitative estimate of drug-likeness (QED) is 0.0320. The van der Waals surface area contributed by atoms with Gasteiger partial charge >= 0.3 is 5.97 Å². The van der Waals surface area contributed by atoms with Crippen LogP contribution in [0, 0.1) is 0 Å². The molecule has 0 radical (unpaired) electrons. The van der Waals surface area contributed by atoms with E-state index in [0.717, 1.165) is 38.5 Å². The molecule has 0 aliphatic heterocycles. The van der Waals surface area contributed by atoms with Crippen LogP contribution in [-0.4, -0.2) is 47.4 Å². The van der Waals surface area contributed by atoms with Crippen molar-refractivity contribution in [1.29, 1.82) is 0 Å². The largest absolute Gasteiger partial charge is 0.466 e. The molecule has 0 saturated heterocycles. The summed E-state index contributed by atoms with van der Waals surface area (Å²) < 4.78 is 5.52. The Kier molecular flexibility index (Phi) is 76.8. The first-order chi connectivity index (χ1) is 43.5. The third-order valence-electron chi connectivity index (χ3n) is 19.6. The first kappa shape index (κ1) is 86.6. The second-order valence-corrected chi connectivity index (χ2v) is 28.5. The number of nitrogens with one attached hydrogen (secondary N) is 1.